The number of aromatic nitrogens is 1. The van der Waals surface area contributed by atoms with Crippen molar-refractivity contribution in [2.45, 2.75) is 58.4 Å². The molecule has 23 heavy (non-hydrogen) atoms. The van der Waals surface area contributed by atoms with Gasteiger partial charge in [0.1, 0.15) is 5.76 Å². The lowest BCUT2D eigenvalue weighted by atomic mass is 9.84. The number of nitrogens with zero attached hydrogens (tertiary/aromatic N) is 3. The third kappa shape index (κ3) is 3.60. The first-order chi connectivity index (χ1) is 11.1. The Labute approximate surface area is 139 Å². The number of hydrogen-bond acceptors (Lipinski definition) is 4. The van der Waals surface area contributed by atoms with Gasteiger partial charge >= 0.3 is 0 Å². The number of rotatable bonds is 3. The predicted octanol–water partition coefficient (Wildman–Crippen LogP) is 2.56. The summed E-state index contributed by atoms with van der Waals surface area (Å²) >= 11 is 0. The molecule has 0 N–H and O–H groups in total. The zero-order valence-electron chi connectivity index (χ0n) is 14.7. The van der Waals surface area contributed by atoms with E-state index < -0.39 is 0 Å². The van der Waals surface area contributed by atoms with Crippen molar-refractivity contribution in [2.24, 2.45) is 5.92 Å². The van der Waals surface area contributed by atoms with Crippen molar-refractivity contribution in [3.8, 4) is 0 Å². The van der Waals surface area contributed by atoms with E-state index >= 15 is 0 Å². The van der Waals surface area contributed by atoms with Crippen molar-refractivity contribution in [1.29, 1.82) is 0 Å². The molecule has 1 aromatic rings. The van der Waals surface area contributed by atoms with Gasteiger partial charge in [-0.1, -0.05) is 11.6 Å². The van der Waals surface area contributed by atoms with Crippen molar-refractivity contribution < 1.29 is 9.32 Å². The highest BCUT2D eigenvalue weighted by Gasteiger charge is 2.32. The molecular weight excluding hydrogens is 290 g/mol. The fourth-order valence-electron chi connectivity index (χ4n) is 4.25. The summed E-state index contributed by atoms with van der Waals surface area (Å²) in [7, 11) is 2.26. The SMILES string of the molecule is Cc1noc(C)c1CC(=O)N1CCC(C2CCCCN2C)CC1. The minimum absolute atomic E-state index is 0.217. The summed E-state index contributed by atoms with van der Waals surface area (Å²) in [6.45, 7) is 6.82. The van der Waals surface area contributed by atoms with Crippen LogP contribution in [0.15, 0.2) is 4.52 Å². The van der Waals surface area contributed by atoms with Gasteiger partial charge in [0.15, 0.2) is 0 Å². The quantitative estimate of drug-likeness (QED) is 0.859. The van der Waals surface area contributed by atoms with Crippen LogP contribution in [0.5, 0.6) is 0 Å². The Morgan fingerprint density at radius 2 is 1.91 bits per heavy atom. The Bertz CT molecular complexity index is 527. The molecule has 2 aliphatic heterocycles. The molecule has 3 rings (SSSR count). The molecule has 128 valence electrons. The number of likely N-dealkylation sites (tertiary alicyclic amines) is 2. The van der Waals surface area contributed by atoms with Crippen LogP contribution in [-0.4, -0.2) is 53.6 Å². The maximum absolute atomic E-state index is 12.6. The monoisotopic (exact) mass is 319 g/mol. The minimum atomic E-state index is 0.217. The van der Waals surface area contributed by atoms with Gasteiger partial charge in [-0.2, -0.15) is 0 Å². The highest BCUT2D eigenvalue weighted by atomic mass is 16.5. The van der Waals surface area contributed by atoms with Crippen LogP contribution in [0.3, 0.4) is 0 Å². The molecule has 0 bridgehead atoms. The number of aryl methyl sites for hydroxylation is 2. The van der Waals surface area contributed by atoms with E-state index in [1.165, 1.54) is 25.8 Å². The minimum Gasteiger partial charge on any atom is -0.361 e. The lowest BCUT2D eigenvalue weighted by molar-refractivity contribution is -0.132. The van der Waals surface area contributed by atoms with E-state index in [9.17, 15) is 4.79 Å². The van der Waals surface area contributed by atoms with Gasteiger partial charge in [-0.05, 0) is 59.0 Å². The third-order valence-electron chi connectivity index (χ3n) is 5.77. The predicted molar refractivity (Wildman–Crippen MR) is 89.3 cm³/mol. The van der Waals surface area contributed by atoms with Gasteiger partial charge in [0.25, 0.3) is 0 Å². The molecule has 3 heterocycles. The fourth-order valence-corrected chi connectivity index (χ4v) is 4.25. The van der Waals surface area contributed by atoms with E-state index in [2.05, 4.69) is 17.1 Å². The second-order valence-corrected chi connectivity index (χ2v) is 7.24. The van der Waals surface area contributed by atoms with Crippen LogP contribution in [0.4, 0.5) is 0 Å². The number of carbonyl (C=O) groups excluding carboxylic acids is 1. The standard InChI is InChI=1S/C18H29N3O2/c1-13-16(14(2)23-19-13)12-18(22)21-10-7-15(8-11-21)17-6-4-5-9-20(17)3/h15,17H,4-12H2,1-3H3. The Kier molecular flexibility index (Phi) is 5.05. The van der Waals surface area contributed by atoms with Gasteiger partial charge in [-0.15, -0.1) is 0 Å². The molecule has 1 unspecified atom stereocenters. The Balaban J connectivity index is 1.53. The highest BCUT2D eigenvalue weighted by Crippen LogP contribution is 2.29. The molecule has 5 nitrogen and oxygen atoms in total. The smallest absolute Gasteiger partial charge is 0.227 e. The first-order valence-electron chi connectivity index (χ1n) is 8.96. The van der Waals surface area contributed by atoms with Gasteiger partial charge in [0.2, 0.25) is 5.91 Å². The molecule has 5 heteroatoms. The highest BCUT2D eigenvalue weighted by molar-refractivity contribution is 5.79. The Hall–Kier alpha value is -1.36. The molecule has 1 aromatic heterocycles. The summed E-state index contributed by atoms with van der Waals surface area (Å²) in [6, 6.07) is 0.726. The van der Waals surface area contributed by atoms with E-state index in [1.807, 2.05) is 18.7 Å². The molecule has 1 amide bonds. The van der Waals surface area contributed by atoms with Gasteiger partial charge in [-0.3, -0.25) is 4.79 Å². The summed E-state index contributed by atoms with van der Waals surface area (Å²) < 4.78 is 5.17. The van der Waals surface area contributed by atoms with Crippen molar-refractivity contribution in [1.82, 2.24) is 15.0 Å². The zero-order chi connectivity index (χ0) is 16.4. The molecule has 0 aliphatic carbocycles. The number of carbonyl (C=O) groups is 1. The molecule has 0 saturated carbocycles. The largest absolute Gasteiger partial charge is 0.361 e. The topological polar surface area (TPSA) is 49.6 Å². The summed E-state index contributed by atoms with van der Waals surface area (Å²) in [5.41, 5.74) is 1.80. The van der Waals surface area contributed by atoms with Gasteiger partial charge in [0, 0.05) is 24.7 Å². The maximum Gasteiger partial charge on any atom is 0.227 e. The molecule has 2 aliphatic rings. The lowest BCUT2D eigenvalue weighted by Gasteiger charge is -2.42. The normalized spacial score (nSPS) is 24.1. The average molecular weight is 319 g/mol. The Morgan fingerprint density at radius 1 is 1.17 bits per heavy atom. The van der Waals surface area contributed by atoms with Crippen LogP contribution in [0.2, 0.25) is 0 Å². The van der Waals surface area contributed by atoms with Crippen LogP contribution in [0.1, 0.15) is 49.1 Å². The van der Waals surface area contributed by atoms with Gasteiger partial charge in [-0.25, -0.2) is 0 Å². The second kappa shape index (κ2) is 7.04. The van der Waals surface area contributed by atoms with E-state index in [4.69, 9.17) is 4.52 Å². The average Bonchev–Trinajstić information content (AvgIpc) is 2.87. The maximum atomic E-state index is 12.6. The number of piperidine rings is 2. The molecular formula is C18H29N3O2. The third-order valence-corrected chi connectivity index (χ3v) is 5.77. The van der Waals surface area contributed by atoms with E-state index in [0.717, 1.165) is 54.9 Å². The van der Waals surface area contributed by atoms with Crippen molar-refractivity contribution in [3.63, 3.8) is 0 Å². The van der Waals surface area contributed by atoms with Crippen molar-refractivity contribution in [2.75, 3.05) is 26.7 Å². The second-order valence-electron chi connectivity index (χ2n) is 7.24. The molecule has 2 saturated heterocycles. The van der Waals surface area contributed by atoms with E-state index in [0.29, 0.717) is 6.42 Å². The lowest BCUT2D eigenvalue weighted by Crippen LogP contribution is -2.47. The molecule has 0 spiro atoms. The summed E-state index contributed by atoms with van der Waals surface area (Å²) in [4.78, 5) is 17.1. The first-order valence-corrected chi connectivity index (χ1v) is 8.96. The molecule has 1 atom stereocenters. The number of amides is 1. The molecule has 0 aromatic carbocycles. The fraction of sp³-hybridized carbons (Fsp3) is 0.778. The first kappa shape index (κ1) is 16.5. The van der Waals surface area contributed by atoms with E-state index in [-0.39, 0.29) is 5.91 Å². The summed E-state index contributed by atoms with van der Waals surface area (Å²) in [5, 5.41) is 3.94. The molecule has 0 radical (unpaired) electrons. The summed E-state index contributed by atoms with van der Waals surface area (Å²) in [6.07, 6.45) is 6.73. The molecule has 2 fully saturated rings. The van der Waals surface area contributed by atoms with Gasteiger partial charge in [0.05, 0.1) is 12.1 Å². The van der Waals surface area contributed by atoms with Crippen LogP contribution < -0.4 is 0 Å². The van der Waals surface area contributed by atoms with Crippen molar-refractivity contribution in [3.05, 3.63) is 17.0 Å². The number of hydrogen-bond donors (Lipinski definition) is 0. The van der Waals surface area contributed by atoms with Crippen LogP contribution in [-0.2, 0) is 11.2 Å². The zero-order valence-corrected chi connectivity index (χ0v) is 14.7. The summed E-state index contributed by atoms with van der Waals surface area (Å²) in [5.74, 6) is 1.74. The van der Waals surface area contributed by atoms with Crippen molar-refractivity contribution >= 4 is 5.91 Å². The van der Waals surface area contributed by atoms with Crippen LogP contribution in [0.25, 0.3) is 0 Å². The van der Waals surface area contributed by atoms with Gasteiger partial charge < -0.3 is 14.3 Å². The Morgan fingerprint density at radius 3 is 2.52 bits per heavy atom. The van der Waals surface area contributed by atoms with Crippen LogP contribution >= 0.6 is 0 Å². The van der Waals surface area contributed by atoms with Crippen LogP contribution in [0, 0.1) is 19.8 Å². The van der Waals surface area contributed by atoms with E-state index in [1.54, 1.807) is 0 Å².